The summed E-state index contributed by atoms with van der Waals surface area (Å²) >= 11 is 0. The maximum absolute atomic E-state index is 12.5. The van der Waals surface area contributed by atoms with E-state index in [2.05, 4.69) is 0 Å². The Bertz CT molecular complexity index is 784. The molecular formula is C18H27N3O4S. The van der Waals surface area contributed by atoms with Crippen LogP contribution in [0.5, 0.6) is 0 Å². The number of aryl methyl sites for hydroxylation is 1. The fraction of sp³-hybridized carbons (Fsp3) is 0.556. The van der Waals surface area contributed by atoms with Crippen molar-refractivity contribution < 1.29 is 18.0 Å². The second-order valence-electron chi connectivity index (χ2n) is 6.69. The summed E-state index contributed by atoms with van der Waals surface area (Å²) in [5.41, 5.74) is 2.50. The zero-order valence-corrected chi connectivity index (χ0v) is 16.7. The summed E-state index contributed by atoms with van der Waals surface area (Å²) in [4.78, 5) is 27.3. The lowest BCUT2D eigenvalue weighted by Gasteiger charge is -2.34. The van der Waals surface area contributed by atoms with Gasteiger partial charge in [-0.15, -0.1) is 0 Å². The fourth-order valence-electron chi connectivity index (χ4n) is 3.10. The first-order valence-corrected chi connectivity index (χ1v) is 10.5. The molecule has 0 N–H and O–H groups in total. The van der Waals surface area contributed by atoms with Gasteiger partial charge in [0.2, 0.25) is 21.8 Å². The monoisotopic (exact) mass is 381 g/mol. The molecule has 0 unspecified atom stereocenters. The van der Waals surface area contributed by atoms with Crippen molar-refractivity contribution in [3.05, 3.63) is 29.3 Å². The highest BCUT2D eigenvalue weighted by atomic mass is 32.2. The van der Waals surface area contributed by atoms with Crippen LogP contribution in [0.3, 0.4) is 0 Å². The van der Waals surface area contributed by atoms with Gasteiger partial charge in [0, 0.05) is 46.1 Å². The summed E-state index contributed by atoms with van der Waals surface area (Å²) in [5.74, 6) is -0.0811. The van der Waals surface area contributed by atoms with E-state index in [4.69, 9.17) is 0 Å². The van der Waals surface area contributed by atoms with Crippen LogP contribution in [0.4, 0.5) is 5.69 Å². The Morgan fingerprint density at radius 3 is 2.19 bits per heavy atom. The SMILES string of the molecule is CC(=O)N1CCN(C(=O)CCN(c2cccc(C)c2C)S(C)(=O)=O)CC1. The van der Waals surface area contributed by atoms with Crippen molar-refractivity contribution in [2.24, 2.45) is 0 Å². The molecule has 1 aliphatic rings. The fourth-order valence-corrected chi connectivity index (χ4v) is 4.07. The number of sulfonamides is 1. The average Bonchev–Trinajstić information content (AvgIpc) is 2.57. The van der Waals surface area contributed by atoms with E-state index in [1.807, 2.05) is 26.0 Å². The molecule has 0 aromatic heterocycles. The van der Waals surface area contributed by atoms with Gasteiger partial charge in [-0.25, -0.2) is 8.42 Å². The minimum absolute atomic E-state index is 0.00951. The average molecular weight is 381 g/mol. The number of nitrogens with zero attached hydrogens (tertiary/aromatic N) is 3. The molecule has 0 saturated carbocycles. The van der Waals surface area contributed by atoms with Gasteiger partial charge in [0.05, 0.1) is 11.9 Å². The molecule has 1 fully saturated rings. The Morgan fingerprint density at radius 1 is 1.08 bits per heavy atom. The Balaban J connectivity index is 2.06. The number of carbonyl (C=O) groups is 2. The second kappa shape index (κ2) is 8.07. The van der Waals surface area contributed by atoms with Crippen LogP contribution >= 0.6 is 0 Å². The van der Waals surface area contributed by atoms with Gasteiger partial charge in [-0.05, 0) is 31.0 Å². The van der Waals surface area contributed by atoms with Gasteiger partial charge < -0.3 is 9.80 Å². The minimum Gasteiger partial charge on any atom is -0.339 e. The summed E-state index contributed by atoms with van der Waals surface area (Å²) in [5, 5.41) is 0. The molecule has 1 aromatic rings. The predicted molar refractivity (Wildman–Crippen MR) is 102 cm³/mol. The molecule has 1 aromatic carbocycles. The third kappa shape index (κ3) is 4.75. The number of benzene rings is 1. The van der Waals surface area contributed by atoms with Crippen LogP contribution in [0.2, 0.25) is 0 Å². The molecule has 0 radical (unpaired) electrons. The molecule has 1 aliphatic heterocycles. The Hall–Kier alpha value is -2.09. The third-order valence-electron chi connectivity index (χ3n) is 4.85. The van der Waals surface area contributed by atoms with E-state index >= 15 is 0 Å². The van der Waals surface area contributed by atoms with Crippen molar-refractivity contribution in [2.45, 2.75) is 27.2 Å². The Kier molecular flexibility index (Phi) is 6.28. The molecule has 0 atom stereocenters. The van der Waals surface area contributed by atoms with Crippen molar-refractivity contribution in [3.63, 3.8) is 0 Å². The van der Waals surface area contributed by atoms with Crippen LogP contribution in [0, 0.1) is 13.8 Å². The van der Waals surface area contributed by atoms with E-state index in [9.17, 15) is 18.0 Å². The predicted octanol–water partition coefficient (Wildman–Crippen LogP) is 1.15. The first-order chi connectivity index (χ1) is 12.1. The highest BCUT2D eigenvalue weighted by Gasteiger charge is 2.25. The highest BCUT2D eigenvalue weighted by molar-refractivity contribution is 7.92. The van der Waals surface area contributed by atoms with Gasteiger partial charge in [-0.2, -0.15) is 0 Å². The number of piperazine rings is 1. The zero-order valence-electron chi connectivity index (χ0n) is 15.9. The molecule has 144 valence electrons. The lowest BCUT2D eigenvalue weighted by atomic mass is 10.1. The van der Waals surface area contributed by atoms with E-state index < -0.39 is 10.0 Å². The van der Waals surface area contributed by atoms with Crippen molar-refractivity contribution in [1.29, 1.82) is 0 Å². The second-order valence-corrected chi connectivity index (χ2v) is 8.60. The molecule has 1 saturated heterocycles. The number of amides is 2. The third-order valence-corrected chi connectivity index (χ3v) is 6.03. The minimum atomic E-state index is -3.49. The van der Waals surface area contributed by atoms with E-state index in [1.54, 1.807) is 15.9 Å². The lowest BCUT2D eigenvalue weighted by Crippen LogP contribution is -2.50. The van der Waals surface area contributed by atoms with Crippen LogP contribution in [0.1, 0.15) is 24.5 Å². The van der Waals surface area contributed by atoms with E-state index in [0.717, 1.165) is 17.4 Å². The van der Waals surface area contributed by atoms with Gasteiger partial charge >= 0.3 is 0 Å². The van der Waals surface area contributed by atoms with Crippen molar-refractivity contribution in [3.8, 4) is 0 Å². The number of hydrogen-bond donors (Lipinski definition) is 0. The standard InChI is InChI=1S/C18H27N3O4S/c1-14-6-5-7-17(15(14)2)21(26(4,24)25)9-8-18(23)20-12-10-19(11-13-20)16(3)22/h5-7H,8-13H2,1-4H3. The smallest absolute Gasteiger partial charge is 0.232 e. The van der Waals surface area contributed by atoms with Crippen LogP contribution < -0.4 is 4.31 Å². The summed E-state index contributed by atoms with van der Waals surface area (Å²) in [7, 11) is -3.49. The molecule has 1 heterocycles. The molecule has 0 spiro atoms. The molecule has 2 rings (SSSR count). The molecule has 8 heteroatoms. The summed E-state index contributed by atoms with van der Waals surface area (Å²) < 4.78 is 25.8. The topological polar surface area (TPSA) is 78.0 Å². The molecule has 26 heavy (non-hydrogen) atoms. The van der Waals surface area contributed by atoms with Crippen LogP contribution in [0.25, 0.3) is 0 Å². The molecule has 2 amide bonds. The number of rotatable bonds is 5. The van der Waals surface area contributed by atoms with Gasteiger partial charge in [0.1, 0.15) is 0 Å². The summed E-state index contributed by atoms with van der Waals surface area (Å²) in [6.07, 6.45) is 1.27. The molecule has 7 nitrogen and oxygen atoms in total. The summed E-state index contributed by atoms with van der Waals surface area (Å²) in [6.45, 7) is 7.45. The largest absolute Gasteiger partial charge is 0.339 e. The van der Waals surface area contributed by atoms with Gasteiger partial charge in [-0.1, -0.05) is 12.1 Å². The molecular weight excluding hydrogens is 354 g/mol. The van der Waals surface area contributed by atoms with E-state index in [0.29, 0.717) is 31.9 Å². The number of anilines is 1. The van der Waals surface area contributed by atoms with Crippen molar-refractivity contribution >= 4 is 27.5 Å². The Labute approximate surface area is 155 Å². The summed E-state index contributed by atoms with van der Waals surface area (Å²) in [6, 6.07) is 5.51. The first kappa shape index (κ1) is 20.2. The maximum atomic E-state index is 12.5. The normalized spacial score (nSPS) is 15.1. The lowest BCUT2D eigenvalue weighted by molar-refractivity contribution is -0.138. The van der Waals surface area contributed by atoms with Gasteiger partial charge in [-0.3, -0.25) is 13.9 Å². The van der Waals surface area contributed by atoms with E-state index in [1.165, 1.54) is 11.2 Å². The number of carbonyl (C=O) groups excluding carboxylic acids is 2. The quantitative estimate of drug-likeness (QED) is 0.767. The van der Waals surface area contributed by atoms with E-state index in [-0.39, 0.29) is 24.8 Å². The van der Waals surface area contributed by atoms with Crippen molar-refractivity contribution in [2.75, 3.05) is 43.3 Å². The molecule has 0 aliphatic carbocycles. The highest BCUT2D eigenvalue weighted by Crippen LogP contribution is 2.25. The van der Waals surface area contributed by atoms with Gasteiger partial charge in [0.25, 0.3) is 0 Å². The number of hydrogen-bond acceptors (Lipinski definition) is 4. The maximum Gasteiger partial charge on any atom is 0.232 e. The zero-order chi connectivity index (χ0) is 19.5. The van der Waals surface area contributed by atoms with Crippen molar-refractivity contribution in [1.82, 2.24) is 9.80 Å². The van der Waals surface area contributed by atoms with Gasteiger partial charge in [0.15, 0.2) is 0 Å². The van der Waals surface area contributed by atoms with Crippen LogP contribution in [-0.4, -0.2) is 69.0 Å². The van der Waals surface area contributed by atoms with Crippen LogP contribution in [-0.2, 0) is 19.6 Å². The molecule has 0 bridgehead atoms. The first-order valence-electron chi connectivity index (χ1n) is 8.68. The Morgan fingerprint density at radius 2 is 1.65 bits per heavy atom. The van der Waals surface area contributed by atoms with Crippen LogP contribution in [0.15, 0.2) is 18.2 Å².